The molecule has 0 aliphatic heterocycles. The number of methoxy groups -OCH3 is 1. The van der Waals surface area contributed by atoms with Gasteiger partial charge in [0.15, 0.2) is 0 Å². The van der Waals surface area contributed by atoms with Crippen LogP contribution in [-0.4, -0.2) is 24.3 Å². The highest BCUT2D eigenvalue weighted by Gasteiger charge is 1.96. The lowest BCUT2D eigenvalue weighted by Gasteiger charge is -1.99. The van der Waals surface area contributed by atoms with Crippen molar-refractivity contribution < 1.29 is 14.6 Å². The van der Waals surface area contributed by atoms with Crippen molar-refractivity contribution in [2.24, 2.45) is 0 Å². The van der Waals surface area contributed by atoms with Gasteiger partial charge in [0, 0.05) is 6.42 Å². The minimum Gasteiger partial charge on any atom is -0.469 e. The molecule has 0 heterocycles. The lowest BCUT2D eigenvalue weighted by atomic mass is 10.1. The number of aliphatic hydroxyl groups excluding tert-OH is 1. The van der Waals surface area contributed by atoms with E-state index in [9.17, 15) is 9.90 Å². The standard InChI is InChI=1S/C21H34O3/c1-3-4-5-6-11-14-17-20(22)18-15-12-9-7-8-10-13-16-19-21(23)24-2/h8-12,14-15,18,20,22H,3-7,13,16-17,19H2,1-2H3. The smallest absolute Gasteiger partial charge is 0.305 e. The van der Waals surface area contributed by atoms with E-state index in [-0.39, 0.29) is 5.97 Å². The second-order valence-corrected chi connectivity index (χ2v) is 5.76. The fraction of sp³-hybridized carbons (Fsp3) is 0.571. The van der Waals surface area contributed by atoms with Crippen LogP contribution in [0.15, 0.2) is 48.6 Å². The largest absolute Gasteiger partial charge is 0.469 e. The van der Waals surface area contributed by atoms with Gasteiger partial charge in [-0.1, -0.05) is 68.4 Å². The third kappa shape index (κ3) is 16.8. The van der Waals surface area contributed by atoms with Gasteiger partial charge in [-0.25, -0.2) is 0 Å². The molecule has 0 aliphatic carbocycles. The molecule has 0 bridgehead atoms. The van der Waals surface area contributed by atoms with E-state index in [0.29, 0.717) is 12.8 Å². The van der Waals surface area contributed by atoms with Crippen LogP contribution in [-0.2, 0) is 9.53 Å². The number of unbranched alkanes of at least 4 members (excludes halogenated alkanes) is 4. The van der Waals surface area contributed by atoms with Gasteiger partial charge in [-0.05, 0) is 38.5 Å². The number of esters is 1. The molecule has 0 rings (SSSR count). The maximum atomic E-state index is 10.9. The van der Waals surface area contributed by atoms with E-state index in [0.717, 1.165) is 25.7 Å². The van der Waals surface area contributed by atoms with E-state index in [1.807, 2.05) is 24.3 Å². The third-order valence-electron chi connectivity index (χ3n) is 3.52. The zero-order valence-electron chi connectivity index (χ0n) is 15.3. The molecule has 1 atom stereocenters. The van der Waals surface area contributed by atoms with Crippen LogP contribution in [0.1, 0.15) is 64.7 Å². The van der Waals surface area contributed by atoms with Gasteiger partial charge in [-0.3, -0.25) is 4.79 Å². The molecule has 0 fully saturated rings. The van der Waals surface area contributed by atoms with Crippen molar-refractivity contribution in [3.05, 3.63) is 48.6 Å². The van der Waals surface area contributed by atoms with E-state index in [4.69, 9.17) is 0 Å². The minimum absolute atomic E-state index is 0.150. The SMILES string of the molecule is CCCCCC=CCC(O)C=CC=CCC=CCCCC(=O)OC. The van der Waals surface area contributed by atoms with Gasteiger partial charge in [0.05, 0.1) is 13.2 Å². The Morgan fingerprint density at radius 3 is 2.50 bits per heavy atom. The Labute approximate surface area is 147 Å². The molecular formula is C21H34O3. The minimum atomic E-state index is -0.411. The number of allylic oxidation sites excluding steroid dienone is 6. The zero-order valence-corrected chi connectivity index (χ0v) is 15.3. The first-order chi connectivity index (χ1) is 11.7. The first-order valence-electron chi connectivity index (χ1n) is 9.08. The lowest BCUT2D eigenvalue weighted by Crippen LogP contribution is -1.98. The molecule has 1 unspecified atom stereocenters. The van der Waals surface area contributed by atoms with Gasteiger partial charge in [-0.15, -0.1) is 0 Å². The van der Waals surface area contributed by atoms with Crippen molar-refractivity contribution in [3.63, 3.8) is 0 Å². The molecule has 0 amide bonds. The lowest BCUT2D eigenvalue weighted by molar-refractivity contribution is -0.140. The molecule has 0 aliphatic rings. The van der Waals surface area contributed by atoms with Gasteiger partial charge < -0.3 is 9.84 Å². The Kier molecular flexibility index (Phi) is 16.5. The van der Waals surface area contributed by atoms with Gasteiger partial charge in [0.1, 0.15) is 0 Å². The molecule has 24 heavy (non-hydrogen) atoms. The predicted octanol–water partition coefficient (Wildman–Crippen LogP) is 5.28. The second kappa shape index (κ2) is 17.7. The van der Waals surface area contributed by atoms with Crippen molar-refractivity contribution in [2.45, 2.75) is 70.8 Å². The van der Waals surface area contributed by atoms with Gasteiger partial charge in [-0.2, -0.15) is 0 Å². The van der Waals surface area contributed by atoms with Crippen molar-refractivity contribution in [1.82, 2.24) is 0 Å². The topological polar surface area (TPSA) is 46.5 Å². The van der Waals surface area contributed by atoms with E-state index in [2.05, 4.69) is 36.0 Å². The van der Waals surface area contributed by atoms with Crippen LogP contribution >= 0.6 is 0 Å². The number of hydrogen-bond acceptors (Lipinski definition) is 3. The summed E-state index contributed by atoms with van der Waals surface area (Å²) in [7, 11) is 1.41. The number of hydrogen-bond donors (Lipinski definition) is 1. The van der Waals surface area contributed by atoms with Crippen LogP contribution < -0.4 is 0 Å². The van der Waals surface area contributed by atoms with Crippen LogP contribution in [0, 0.1) is 0 Å². The number of ether oxygens (including phenoxy) is 1. The van der Waals surface area contributed by atoms with Crippen LogP contribution in [0.25, 0.3) is 0 Å². The molecule has 136 valence electrons. The fourth-order valence-electron chi connectivity index (χ4n) is 2.05. The predicted molar refractivity (Wildman–Crippen MR) is 102 cm³/mol. The Hall–Kier alpha value is -1.61. The summed E-state index contributed by atoms with van der Waals surface area (Å²) in [5.41, 5.74) is 0. The molecule has 3 nitrogen and oxygen atoms in total. The van der Waals surface area contributed by atoms with Crippen LogP contribution in [0.3, 0.4) is 0 Å². The zero-order chi connectivity index (χ0) is 17.9. The number of rotatable bonds is 14. The first-order valence-corrected chi connectivity index (χ1v) is 9.08. The first kappa shape index (κ1) is 22.4. The Morgan fingerprint density at radius 2 is 1.75 bits per heavy atom. The van der Waals surface area contributed by atoms with E-state index in [1.165, 1.54) is 26.4 Å². The summed E-state index contributed by atoms with van der Waals surface area (Å²) in [6.07, 6.45) is 24.3. The number of carbonyl (C=O) groups excluding carboxylic acids is 1. The average Bonchev–Trinajstić information content (AvgIpc) is 2.59. The Morgan fingerprint density at radius 1 is 1.00 bits per heavy atom. The maximum absolute atomic E-state index is 10.9. The van der Waals surface area contributed by atoms with Crippen molar-refractivity contribution in [1.29, 1.82) is 0 Å². The molecule has 0 aromatic rings. The highest BCUT2D eigenvalue weighted by Crippen LogP contribution is 2.02. The molecule has 0 saturated carbocycles. The summed E-state index contributed by atoms with van der Waals surface area (Å²) in [5, 5.41) is 9.79. The number of aliphatic hydroxyl groups is 1. The highest BCUT2D eigenvalue weighted by molar-refractivity contribution is 5.69. The molecule has 3 heteroatoms. The molecule has 0 saturated heterocycles. The quantitative estimate of drug-likeness (QED) is 0.203. The van der Waals surface area contributed by atoms with Crippen LogP contribution in [0.5, 0.6) is 0 Å². The molecule has 0 radical (unpaired) electrons. The second-order valence-electron chi connectivity index (χ2n) is 5.76. The summed E-state index contributed by atoms with van der Waals surface area (Å²) < 4.78 is 4.58. The molecule has 0 aromatic carbocycles. The van der Waals surface area contributed by atoms with Gasteiger partial charge in [0.25, 0.3) is 0 Å². The molecule has 0 aromatic heterocycles. The third-order valence-corrected chi connectivity index (χ3v) is 3.52. The monoisotopic (exact) mass is 334 g/mol. The average molecular weight is 335 g/mol. The molecule has 0 spiro atoms. The fourth-order valence-corrected chi connectivity index (χ4v) is 2.05. The molecule has 1 N–H and O–H groups in total. The summed E-state index contributed by atoms with van der Waals surface area (Å²) in [6, 6.07) is 0. The summed E-state index contributed by atoms with van der Waals surface area (Å²) >= 11 is 0. The van der Waals surface area contributed by atoms with Crippen molar-refractivity contribution in [2.75, 3.05) is 7.11 Å². The van der Waals surface area contributed by atoms with Gasteiger partial charge in [0.2, 0.25) is 0 Å². The van der Waals surface area contributed by atoms with Crippen LogP contribution in [0.4, 0.5) is 0 Å². The Balaban J connectivity index is 3.63. The maximum Gasteiger partial charge on any atom is 0.305 e. The summed E-state index contributed by atoms with van der Waals surface area (Å²) in [6.45, 7) is 2.20. The normalized spacial score (nSPS) is 13.6. The highest BCUT2D eigenvalue weighted by atomic mass is 16.5. The number of carbonyl (C=O) groups is 1. The Bertz CT molecular complexity index is 405. The summed E-state index contributed by atoms with van der Waals surface area (Å²) in [5.74, 6) is -0.150. The van der Waals surface area contributed by atoms with E-state index < -0.39 is 6.10 Å². The van der Waals surface area contributed by atoms with E-state index in [1.54, 1.807) is 0 Å². The molecular weight excluding hydrogens is 300 g/mol. The van der Waals surface area contributed by atoms with Crippen molar-refractivity contribution >= 4 is 5.97 Å². The van der Waals surface area contributed by atoms with Crippen LogP contribution in [0.2, 0.25) is 0 Å². The van der Waals surface area contributed by atoms with Gasteiger partial charge >= 0.3 is 5.97 Å². The summed E-state index contributed by atoms with van der Waals surface area (Å²) in [4.78, 5) is 10.9. The van der Waals surface area contributed by atoms with Crippen molar-refractivity contribution in [3.8, 4) is 0 Å². The van der Waals surface area contributed by atoms with E-state index >= 15 is 0 Å².